The Bertz CT molecular complexity index is 178. The number of unbranched alkanes of at least 4 members (excludes halogenated alkanes) is 3. The molecule has 3 heteroatoms. The summed E-state index contributed by atoms with van der Waals surface area (Å²) in [5, 5.41) is 11.5. The molecule has 0 heterocycles. The molecule has 0 aromatic carbocycles. The van der Waals surface area contributed by atoms with Gasteiger partial charge in [0.1, 0.15) is 0 Å². The first-order chi connectivity index (χ1) is 7.33. The molecule has 1 aliphatic rings. The van der Waals surface area contributed by atoms with Crippen molar-refractivity contribution in [2.75, 3.05) is 13.2 Å². The Morgan fingerprint density at radius 2 is 1.93 bits per heavy atom. The molecule has 88 valence electrons. The average Bonchev–Trinajstić information content (AvgIpc) is 2.17. The summed E-state index contributed by atoms with van der Waals surface area (Å²) in [6, 6.07) is 0. The summed E-state index contributed by atoms with van der Waals surface area (Å²) in [5.41, 5.74) is 0. The van der Waals surface area contributed by atoms with Gasteiger partial charge in [0.25, 0.3) is 0 Å². The Hall–Kier alpha value is -0.570. The molecule has 1 rings (SSSR count). The molecule has 1 amide bonds. The van der Waals surface area contributed by atoms with Gasteiger partial charge in [-0.2, -0.15) is 0 Å². The molecule has 15 heavy (non-hydrogen) atoms. The first kappa shape index (κ1) is 12.5. The zero-order valence-corrected chi connectivity index (χ0v) is 9.50. The van der Waals surface area contributed by atoms with Crippen molar-refractivity contribution in [2.45, 2.75) is 51.4 Å². The molecular formula is C12H23NO2. The normalized spacial score (nSPS) is 16.1. The Kier molecular flexibility index (Phi) is 6.41. The third-order valence-electron chi connectivity index (χ3n) is 3.11. The third-order valence-corrected chi connectivity index (χ3v) is 3.11. The van der Waals surface area contributed by atoms with Gasteiger partial charge >= 0.3 is 0 Å². The fourth-order valence-corrected chi connectivity index (χ4v) is 1.85. The summed E-state index contributed by atoms with van der Waals surface area (Å²) >= 11 is 0. The van der Waals surface area contributed by atoms with Crippen LogP contribution < -0.4 is 5.32 Å². The van der Waals surface area contributed by atoms with E-state index >= 15 is 0 Å². The summed E-state index contributed by atoms with van der Waals surface area (Å²) in [6.07, 6.45) is 8.61. The number of hydrogen-bond acceptors (Lipinski definition) is 2. The Morgan fingerprint density at radius 1 is 1.20 bits per heavy atom. The molecule has 0 radical (unpaired) electrons. The van der Waals surface area contributed by atoms with Gasteiger partial charge in [-0.15, -0.1) is 0 Å². The van der Waals surface area contributed by atoms with E-state index in [0.717, 1.165) is 38.6 Å². The zero-order chi connectivity index (χ0) is 10.9. The van der Waals surface area contributed by atoms with Gasteiger partial charge in [-0.3, -0.25) is 4.79 Å². The minimum atomic E-state index is 0.224. The summed E-state index contributed by atoms with van der Waals surface area (Å²) in [7, 11) is 0. The van der Waals surface area contributed by atoms with Crippen LogP contribution in [-0.2, 0) is 4.79 Å². The van der Waals surface area contributed by atoms with E-state index in [-0.39, 0.29) is 12.5 Å². The fraction of sp³-hybridized carbons (Fsp3) is 0.917. The van der Waals surface area contributed by atoms with Crippen LogP contribution in [0, 0.1) is 5.92 Å². The van der Waals surface area contributed by atoms with Gasteiger partial charge in [0, 0.05) is 19.6 Å². The summed E-state index contributed by atoms with van der Waals surface area (Å²) < 4.78 is 0. The van der Waals surface area contributed by atoms with E-state index in [1.165, 1.54) is 19.3 Å². The molecule has 0 aliphatic heterocycles. The van der Waals surface area contributed by atoms with E-state index in [0.29, 0.717) is 5.92 Å². The summed E-state index contributed by atoms with van der Waals surface area (Å²) in [4.78, 5) is 11.4. The van der Waals surface area contributed by atoms with Crippen LogP contribution in [0.2, 0.25) is 0 Å². The predicted octanol–water partition coefficient (Wildman–Crippen LogP) is 1.85. The molecule has 0 unspecified atom stereocenters. The predicted molar refractivity (Wildman–Crippen MR) is 60.5 cm³/mol. The van der Waals surface area contributed by atoms with Crippen LogP contribution in [0.25, 0.3) is 0 Å². The summed E-state index contributed by atoms with van der Waals surface area (Å²) in [6.45, 7) is 1.09. The molecule has 0 aromatic rings. The highest BCUT2D eigenvalue weighted by Gasteiger charge is 2.19. The van der Waals surface area contributed by atoms with E-state index < -0.39 is 0 Å². The van der Waals surface area contributed by atoms with Crippen molar-refractivity contribution in [2.24, 2.45) is 5.92 Å². The van der Waals surface area contributed by atoms with Crippen molar-refractivity contribution in [1.82, 2.24) is 5.32 Å². The van der Waals surface area contributed by atoms with Crippen molar-refractivity contribution >= 4 is 5.91 Å². The maximum atomic E-state index is 11.4. The molecule has 0 aromatic heterocycles. The van der Waals surface area contributed by atoms with Gasteiger partial charge in [-0.25, -0.2) is 0 Å². The molecule has 0 saturated heterocycles. The lowest BCUT2D eigenvalue weighted by atomic mass is 9.83. The number of nitrogens with one attached hydrogen (secondary N) is 1. The number of amides is 1. The second kappa shape index (κ2) is 7.69. The number of carbonyl (C=O) groups is 1. The van der Waals surface area contributed by atoms with Crippen molar-refractivity contribution in [1.29, 1.82) is 0 Å². The lowest BCUT2D eigenvalue weighted by Crippen LogP contribution is -2.28. The smallest absolute Gasteiger partial charge is 0.220 e. The number of aliphatic hydroxyl groups excluding tert-OH is 1. The van der Waals surface area contributed by atoms with E-state index in [2.05, 4.69) is 5.32 Å². The molecule has 3 nitrogen and oxygen atoms in total. The highest BCUT2D eigenvalue weighted by atomic mass is 16.2. The van der Waals surface area contributed by atoms with Crippen LogP contribution in [0.3, 0.4) is 0 Å². The van der Waals surface area contributed by atoms with E-state index in [1.807, 2.05) is 0 Å². The molecule has 0 atom stereocenters. The Morgan fingerprint density at radius 3 is 2.53 bits per heavy atom. The molecule has 1 aliphatic carbocycles. The van der Waals surface area contributed by atoms with E-state index in [4.69, 9.17) is 5.11 Å². The molecule has 2 N–H and O–H groups in total. The molecular weight excluding hydrogens is 190 g/mol. The van der Waals surface area contributed by atoms with Crippen LogP contribution in [0.5, 0.6) is 0 Å². The molecule has 0 spiro atoms. The van der Waals surface area contributed by atoms with Gasteiger partial charge in [-0.1, -0.05) is 19.3 Å². The van der Waals surface area contributed by atoms with Crippen LogP contribution in [0.1, 0.15) is 51.4 Å². The molecule has 1 saturated carbocycles. The van der Waals surface area contributed by atoms with E-state index in [9.17, 15) is 4.79 Å². The van der Waals surface area contributed by atoms with Gasteiger partial charge in [0.2, 0.25) is 5.91 Å². The fourth-order valence-electron chi connectivity index (χ4n) is 1.85. The topological polar surface area (TPSA) is 49.3 Å². The second-order valence-electron chi connectivity index (χ2n) is 4.49. The Labute approximate surface area is 92.3 Å². The lowest BCUT2D eigenvalue weighted by molar-refractivity contribution is -0.122. The van der Waals surface area contributed by atoms with Crippen molar-refractivity contribution in [3.8, 4) is 0 Å². The van der Waals surface area contributed by atoms with Crippen LogP contribution in [-0.4, -0.2) is 24.2 Å². The summed E-state index contributed by atoms with van der Waals surface area (Å²) in [5.74, 6) is 0.890. The molecule has 0 bridgehead atoms. The van der Waals surface area contributed by atoms with Crippen molar-refractivity contribution < 1.29 is 9.90 Å². The van der Waals surface area contributed by atoms with Crippen LogP contribution in [0.15, 0.2) is 0 Å². The van der Waals surface area contributed by atoms with Crippen LogP contribution in [0.4, 0.5) is 0 Å². The molecule has 1 fully saturated rings. The highest BCUT2D eigenvalue weighted by molar-refractivity contribution is 5.76. The maximum absolute atomic E-state index is 11.4. The number of hydrogen-bond donors (Lipinski definition) is 2. The first-order valence-electron chi connectivity index (χ1n) is 6.20. The SMILES string of the molecule is O=C(CC1CCC1)NCCCCCCO. The first-order valence-corrected chi connectivity index (χ1v) is 6.20. The average molecular weight is 213 g/mol. The number of aliphatic hydroxyl groups is 1. The van der Waals surface area contributed by atoms with Gasteiger partial charge in [0.05, 0.1) is 0 Å². The largest absolute Gasteiger partial charge is 0.396 e. The standard InChI is InChI=1S/C12H23NO2/c14-9-4-2-1-3-8-13-12(15)10-11-6-5-7-11/h11,14H,1-10H2,(H,13,15). The lowest BCUT2D eigenvalue weighted by Gasteiger charge is -2.24. The quantitative estimate of drug-likeness (QED) is 0.604. The van der Waals surface area contributed by atoms with Gasteiger partial charge < -0.3 is 10.4 Å². The Balaban J connectivity index is 1.83. The third kappa shape index (κ3) is 5.78. The second-order valence-corrected chi connectivity index (χ2v) is 4.49. The highest BCUT2D eigenvalue weighted by Crippen LogP contribution is 2.28. The monoisotopic (exact) mass is 213 g/mol. The minimum absolute atomic E-state index is 0.224. The number of rotatable bonds is 8. The van der Waals surface area contributed by atoms with Gasteiger partial charge in [-0.05, 0) is 31.6 Å². The van der Waals surface area contributed by atoms with Crippen molar-refractivity contribution in [3.63, 3.8) is 0 Å². The van der Waals surface area contributed by atoms with Crippen LogP contribution >= 0.6 is 0 Å². The zero-order valence-electron chi connectivity index (χ0n) is 9.50. The van der Waals surface area contributed by atoms with E-state index in [1.54, 1.807) is 0 Å². The number of carbonyl (C=O) groups excluding carboxylic acids is 1. The minimum Gasteiger partial charge on any atom is -0.396 e. The van der Waals surface area contributed by atoms with Gasteiger partial charge in [0.15, 0.2) is 0 Å². The van der Waals surface area contributed by atoms with Crippen molar-refractivity contribution in [3.05, 3.63) is 0 Å². The maximum Gasteiger partial charge on any atom is 0.220 e.